The van der Waals surface area contributed by atoms with E-state index >= 15 is 0 Å². The van der Waals surface area contributed by atoms with Crippen LogP contribution in [0.4, 0.5) is 0 Å². The van der Waals surface area contributed by atoms with Gasteiger partial charge in [0.15, 0.2) is 0 Å². The Morgan fingerprint density at radius 2 is 2.09 bits per heavy atom. The van der Waals surface area contributed by atoms with Crippen LogP contribution in [-0.4, -0.2) is 29.1 Å². The predicted molar refractivity (Wildman–Crippen MR) is 90.0 cm³/mol. The number of aromatic amines is 1. The molecule has 2 aromatic rings. The highest BCUT2D eigenvalue weighted by Gasteiger charge is 2.12. The van der Waals surface area contributed by atoms with Gasteiger partial charge in [-0.15, -0.1) is 0 Å². The average Bonchev–Trinajstić information content (AvgIpc) is 2.98. The minimum absolute atomic E-state index is 0.0633. The number of nitrogens with zero attached hydrogens (tertiary/aromatic N) is 1. The van der Waals surface area contributed by atoms with Crippen molar-refractivity contribution in [1.82, 2.24) is 10.1 Å². The van der Waals surface area contributed by atoms with Gasteiger partial charge >= 0.3 is 0 Å². The Kier molecular flexibility index (Phi) is 6.41. The second-order valence-corrected chi connectivity index (χ2v) is 5.33. The Balaban J connectivity index is 1.87. The molecule has 0 atom stereocenters. The molecule has 0 aliphatic carbocycles. The van der Waals surface area contributed by atoms with Crippen LogP contribution in [0.3, 0.4) is 0 Å². The number of aromatic nitrogens is 1. The number of amides is 1. The summed E-state index contributed by atoms with van der Waals surface area (Å²) in [4.78, 5) is 25.1. The number of aryl methyl sites for hydroxylation is 1. The van der Waals surface area contributed by atoms with Crippen molar-refractivity contribution in [3.8, 4) is 0 Å². The summed E-state index contributed by atoms with van der Waals surface area (Å²) < 4.78 is 4.97. The van der Waals surface area contributed by atoms with Gasteiger partial charge in [-0.2, -0.15) is 5.16 Å². The number of carbonyl (C=O) groups excluding carboxylic acids is 1. The number of hydrogen-bond acceptors (Lipinski definition) is 3. The molecule has 0 radical (unpaired) electrons. The van der Waals surface area contributed by atoms with Crippen LogP contribution in [0, 0.1) is 0 Å². The second kappa shape index (κ2) is 8.78. The van der Waals surface area contributed by atoms with Crippen molar-refractivity contribution in [2.75, 3.05) is 13.1 Å². The molecule has 0 spiro atoms. The molecule has 122 valence electrons. The van der Waals surface area contributed by atoms with Crippen LogP contribution in [0.2, 0.25) is 0 Å². The van der Waals surface area contributed by atoms with Crippen LogP contribution in [-0.2, 0) is 11.2 Å². The molecule has 1 heterocycles. The van der Waals surface area contributed by atoms with Gasteiger partial charge in [-0.25, -0.2) is 0 Å². The summed E-state index contributed by atoms with van der Waals surface area (Å²) in [6, 6.07) is 11.4. The largest absolute Gasteiger partial charge is 0.384 e. The molecule has 0 aliphatic rings. The monoisotopic (exact) mass is 314 g/mol. The number of nitrogens with one attached hydrogen (secondary N) is 1. The summed E-state index contributed by atoms with van der Waals surface area (Å²) in [5.74, 6) is 0.577. The minimum Gasteiger partial charge on any atom is -0.384 e. The van der Waals surface area contributed by atoms with E-state index in [9.17, 15) is 9.59 Å². The van der Waals surface area contributed by atoms with Gasteiger partial charge in [0, 0.05) is 32.0 Å². The molecular weight excluding hydrogens is 292 g/mol. The lowest BCUT2D eigenvalue weighted by atomic mass is 10.2. The summed E-state index contributed by atoms with van der Waals surface area (Å²) in [5.41, 5.74) is 0.842. The fourth-order valence-electron chi connectivity index (χ4n) is 2.30. The molecule has 0 saturated heterocycles. The molecule has 0 fully saturated rings. The normalized spacial score (nSPS) is 11.0. The zero-order valence-electron chi connectivity index (χ0n) is 13.3. The molecule has 1 amide bonds. The van der Waals surface area contributed by atoms with E-state index < -0.39 is 0 Å². The molecule has 5 nitrogen and oxygen atoms in total. The highest BCUT2D eigenvalue weighted by molar-refractivity contribution is 5.76. The number of rotatable bonds is 8. The smallest absolute Gasteiger partial charge is 0.280 e. The van der Waals surface area contributed by atoms with Crippen molar-refractivity contribution >= 4 is 12.0 Å². The van der Waals surface area contributed by atoms with Crippen LogP contribution >= 0.6 is 0 Å². The maximum atomic E-state index is 12.3. The van der Waals surface area contributed by atoms with Crippen LogP contribution in [0.15, 0.2) is 51.8 Å². The Morgan fingerprint density at radius 3 is 2.74 bits per heavy atom. The first-order chi connectivity index (χ1) is 11.2. The predicted octanol–water partition coefficient (Wildman–Crippen LogP) is 2.85. The molecule has 0 bridgehead atoms. The van der Waals surface area contributed by atoms with Gasteiger partial charge in [0.25, 0.3) is 5.56 Å². The standard InChI is InChI=1S/C18H22N2O3/c1-2-12-20(13-6-9-15-7-4-3-5-8-15)18(22)11-10-16-14-17(21)19-23-16/h3-9,14H,2,10-13H2,1H3,(H,19,21). The van der Waals surface area contributed by atoms with Crippen LogP contribution in [0.25, 0.3) is 6.08 Å². The quantitative estimate of drug-likeness (QED) is 0.815. The second-order valence-electron chi connectivity index (χ2n) is 5.33. The Bertz CT molecular complexity index is 686. The van der Waals surface area contributed by atoms with Crippen molar-refractivity contribution in [3.63, 3.8) is 0 Å². The lowest BCUT2D eigenvalue weighted by Crippen LogP contribution is -2.32. The van der Waals surface area contributed by atoms with Crippen LogP contribution < -0.4 is 5.56 Å². The topological polar surface area (TPSA) is 66.3 Å². The van der Waals surface area contributed by atoms with E-state index in [1.54, 1.807) is 0 Å². The Hall–Kier alpha value is -2.56. The number of benzene rings is 1. The average molecular weight is 314 g/mol. The fourth-order valence-corrected chi connectivity index (χ4v) is 2.30. The molecule has 23 heavy (non-hydrogen) atoms. The molecule has 1 aromatic carbocycles. The van der Waals surface area contributed by atoms with Gasteiger partial charge in [0.05, 0.1) is 0 Å². The van der Waals surface area contributed by atoms with Gasteiger partial charge < -0.3 is 9.42 Å². The first-order valence-electron chi connectivity index (χ1n) is 7.86. The van der Waals surface area contributed by atoms with E-state index in [0.29, 0.717) is 25.1 Å². The van der Waals surface area contributed by atoms with Crippen molar-refractivity contribution < 1.29 is 9.32 Å². The highest BCUT2D eigenvalue weighted by atomic mass is 16.5. The minimum atomic E-state index is -0.274. The maximum absolute atomic E-state index is 12.3. The number of H-pyrrole nitrogens is 1. The maximum Gasteiger partial charge on any atom is 0.280 e. The molecule has 0 unspecified atom stereocenters. The van der Waals surface area contributed by atoms with E-state index in [4.69, 9.17) is 4.52 Å². The van der Waals surface area contributed by atoms with Crippen molar-refractivity contribution in [2.45, 2.75) is 26.2 Å². The number of hydrogen-bond donors (Lipinski definition) is 1. The van der Waals surface area contributed by atoms with Crippen LogP contribution in [0.5, 0.6) is 0 Å². The van der Waals surface area contributed by atoms with Gasteiger partial charge in [-0.05, 0) is 12.0 Å². The molecule has 2 rings (SSSR count). The summed E-state index contributed by atoms with van der Waals surface area (Å²) in [6.07, 6.45) is 5.69. The third-order valence-electron chi connectivity index (χ3n) is 3.44. The van der Waals surface area contributed by atoms with E-state index in [1.807, 2.05) is 54.3 Å². The van der Waals surface area contributed by atoms with E-state index in [2.05, 4.69) is 5.16 Å². The van der Waals surface area contributed by atoms with E-state index in [-0.39, 0.29) is 11.5 Å². The molecule has 5 heteroatoms. The summed E-state index contributed by atoms with van der Waals surface area (Å²) in [7, 11) is 0. The van der Waals surface area contributed by atoms with Gasteiger partial charge in [-0.3, -0.25) is 9.59 Å². The lowest BCUT2D eigenvalue weighted by Gasteiger charge is -2.20. The van der Waals surface area contributed by atoms with Crippen molar-refractivity contribution in [3.05, 3.63) is 64.2 Å². The summed E-state index contributed by atoms with van der Waals surface area (Å²) >= 11 is 0. The zero-order chi connectivity index (χ0) is 16.5. The fraction of sp³-hybridized carbons (Fsp3) is 0.333. The molecule has 1 aromatic heterocycles. The summed E-state index contributed by atoms with van der Waals surface area (Å²) in [5, 5.41) is 2.23. The first kappa shape index (κ1) is 16.8. The SMILES string of the molecule is CCCN(CC=Cc1ccccc1)C(=O)CCc1cc(=O)[nH]o1. The molecule has 0 saturated carbocycles. The van der Waals surface area contributed by atoms with Crippen molar-refractivity contribution in [1.29, 1.82) is 0 Å². The Morgan fingerprint density at radius 1 is 1.30 bits per heavy atom. The summed E-state index contributed by atoms with van der Waals surface area (Å²) in [6.45, 7) is 3.35. The van der Waals surface area contributed by atoms with E-state index in [1.165, 1.54) is 6.07 Å². The molecular formula is C18H22N2O3. The Labute approximate surface area is 135 Å². The highest BCUT2D eigenvalue weighted by Crippen LogP contribution is 2.05. The third-order valence-corrected chi connectivity index (χ3v) is 3.44. The van der Waals surface area contributed by atoms with Gasteiger partial charge in [0.2, 0.25) is 5.91 Å². The van der Waals surface area contributed by atoms with E-state index in [0.717, 1.165) is 18.5 Å². The van der Waals surface area contributed by atoms with Crippen molar-refractivity contribution in [2.24, 2.45) is 0 Å². The first-order valence-corrected chi connectivity index (χ1v) is 7.86. The third kappa shape index (κ3) is 5.62. The molecule has 1 N–H and O–H groups in total. The molecule has 0 aliphatic heterocycles. The van der Waals surface area contributed by atoms with Crippen LogP contribution in [0.1, 0.15) is 31.1 Å². The zero-order valence-corrected chi connectivity index (χ0v) is 13.3. The van der Waals surface area contributed by atoms with Gasteiger partial charge in [-0.1, -0.05) is 49.4 Å². The number of carbonyl (C=O) groups is 1. The van der Waals surface area contributed by atoms with Gasteiger partial charge in [0.1, 0.15) is 5.76 Å². The lowest BCUT2D eigenvalue weighted by molar-refractivity contribution is -0.130.